The van der Waals surface area contributed by atoms with Crippen LogP contribution in [-0.4, -0.2) is 26.0 Å². The number of hydrogen-bond donors (Lipinski definition) is 1. The van der Waals surface area contributed by atoms with E-state index in [0.29, 0.717) is 28.9 Å². The molecule has 33 heavy (non-hydrogen) atoms. The van der Waals surface area contributed by atoms with E-state index in [1.807, 2.05) is 84.9 Å². The number of aromatic nitrogens is 4. The molecule has 5 aromatic rings. The number of fused-ring (bicyclic) bond motifs is 1. The third-order valence-corrected chi connectivity index (χ3v) is 5.12. The molecule has 0 fully saturated rings. The SMILES string of the molecule is Clc1ccc(-c2nnc3ccc(N/N=C/c4cccc(OCc5ccccc5)c4)nn23)cc1. The third-order valence-electron chi connectivity index (χ3n) is 4.86. The molecular formula is C25H19ClN6O. The van der Waals surface area contributed by atoms with Gasteiger partial charge in [-0.15, -0.1) is 15.3 Å². The fraction of sp³-hybridized carbons (Fsp3) is 0.0400. The quantitative estimate of drug-likeness (QED) is 0.260. The molecule has 0 aliphatic rings. The molecule has 0 saturated carbocycles. The summed E-state index contributed by atoms with van der Waals surface area (Å²) in [6.07, 6.45) is 1.72. The van der Waals surface area contributed by atoms with Crippen molar-refractivity contribution < 1.29 is 4.74 Å². The number of nitrogens with zero attached hydrogens (tertiary/aromatic N) is 5. The van der Waals surface area contributed by atoms with Gasteiger partial charge in [0.25, 0.3) is 0 Å². The number of nitrogens with one attached hydrogen (secondary N) is 1. The summed E-state index contributed by atoms with van der Waals surface area (Å²) in [6, 6.07) is 28.8. The molecule has 0 unspecified atom stereocenters. The van der Waals surface area contributed by atoms with Crippen molar-refractivity contribution in [1.29, 1.82) is 0 Å². The van der Waals surface area contributed by atoms with Crippen LogP contribution in [0.1, 0.15) is 11.1 Å². The highest BCUT2D eigenvalue weighted by molar-refractivity contribution is 6.30. The summed E-state index contributed by atoms with van der Waals surface area (Å²) in [5, 5.41) is 17.9. The molecule has 1 N–H and O–H groups in total. The second-order valence-electron chi connectivity index (χ2n) is 7.24. The maximum Gasteiger partial charge on any atom is 0.185 e. The van der Waals surface area contributed by atoms with Gasteiger partial charge in [-0.25, -0.2) is 0 Å². The fourth-order valence-corrected chi connectivity index (χ4v) is 3.35. The Hall–Kier alpha value is -4.23. The Morgan fingerprint density at radius 2 is 1.76 bits per heavy atom. The minimum Gasteiger partial charge on any atom is -0.489 e. The van der Waals surface area contributed by atoms with Crippen molar-refractivity contribution in [3.63, 3.8) is 0 Å². The standard InChI is InChI=1S/C25H19ClN6O/c26-21-11-9-20(10-12-21)25-30-29-24-14-13-23(31-32(24)25)28-27-16-19-7-4-8-22(15-19)33-17-18-5-2-1-3-6-18/h1-16H,17H2,(H,28,31)/b27-16+. The van der Waals surface area contributed by atoms with E-state index >= 15 is 0 Å². The van der Waals surface area contributed by atoms with Crippen LogP contribution < -0.4 is 10.2 Å². The van der Waals surface area contributed by atoms with Gasteiger partial charge in [-0.3, -0.25) is 5.43 Å². The summed E-state index contributed by atoms with van der Waals surface area (Å²) in [7, 11) is 0. The second-order valence-corrected chi connectivity index (χ2v) is 7.67. The van der Waals surface area contributed by atoms with E-state index in [9.17, 15) is 0 Å². The van der Waals surface area contributed by atoms with Gasteiger partial charge in [0, 0.05) is 10.6 Å². The van der Waals surface area contributed by atoms with Crippen molar-refractivity contribution in [2.24, 2.45) is 5.10 Å². The molecule has 0 bridgehead atoms. The topological polar surface area (TPSA) is 76.7 Å². The van der Waals surface area contributed by atoms with E-state index in [4.69, 9.17) is 16.3 Å². The van der Waals surface area contributed by atoms with E-state index in [-0.39, 0.29) is 0 Å². The highest BCUT2D eigenvalue weighted by Gasteiger charge is 2.10. The lowest BCUT2D eigenvalue weighted by atomic mass is 10.2. The van der Waals surface area contributed by atoms with Gasteiger partial charge in [-0.2, -0.15) is 9.62 Å². The lowest BCUT2D eigenvalue weighted by Gasteiger charge is -2.07. The average Bonchev–Trinajstić information content (AvgIpc) is 3.28. The van der Waals surface area contributed by atoms with Crippen molar-refractivity contribution in [2.45, 2.75) is 6.61 Å². The maximum absolute atomic E-state index is 5.99. The molecule has 0 spiro atoms. The van der Waals surface area contributed by atoms with E-state index in [2.05, 4.69) is 25.8 Å². The molecule has 2 aromatic heterocycles. The van der Waals surface area contributed by atoms with Crippen LogP contribution in [0.2, 0.25) is 5.02 Å². The van der Waals surface area contributed by atoms with E-state index < -0.39 is 0 Å². The molecule has 7 nitrogen and oxygen atoms in total. The lowest BCUT2D eigenvalue weighted by molar-refractivity contribution is 0.306. The van der Waals surface area contributed by atoms with Crippen LogP contribution in [-0.2, 0) is 6.61 Å². The minimum absolute atomic E-state index is 0.512. The monoisotopic (exact) mass is 454 g/mol. The summed E-state index contributed by atoms with van der Waals surface area (Å²) >= 11 is 5.99. The van der Waals surface area contributed by atoms with Gasteiger partial charge in [0.1, 0.15) is 12.4 Å². The highest BCUT2D eigenvalue weighted by Crippen LogP contribution is 2.21. The smallest absolute Gasteiger partial charge is 0.185 e. The van der Waals surface area contributed by atoms with Crippen molar-refractivity contribution in [3.8, 4) is 17.1 Å². The largest absolute Gasteiger partial charge is 0.489 e. The van der Waals surface area contributed by atoms with Crippen LogP contribution in [0, 0.1) is 0 Å². The van der Waals surface area contributed by atoms with Gasteiger partial charge < -0.3 is 4.74 Å². The Morgan fingerprint density at radius 3 is 2.61 bits per heavy atom. The molecule has 5 rings (SSSR count). The van der Waals surface area contributed by atoms with Crippen molar-refractivity contribution in [2.75, 3.05) is 5.43 Å². The molecule has 162 valence electrons. The lowest BCUT2D eigenvalue weighted by Crippen LogP contribution is -2.00. The van der Waals surface area contributed by atoms with E-state index in [0.717, 1.165) is 22.4 Å². The third kappa shape index (κ3) is 4.99. The summed E-state index contributed by atoms with van der Waals surface area (Å²) in [6.45, 7) is 0.512. The number of rotatable bonds is 7. The predicted octanol–water partition coefficient (Wildman–Crippen LogP) is 5.47. The van der Waals surface area contributed by atoms with Crippen LogP contribution in [0.25, 0.3) is 17.0 Å². The second kappa shape index (κ2) is 9.50. The fourth-order valence-electron chi connectivity index (χ4n) is 3.23. The van der Waals surface area contributed by atoms with E-state index in [1.54, 1.807) is 16.8 Å². The maximum atomic E-state index is 5.99. The number of anilines is 1. The summed E-state index contributed by atoms with van der Waals surface area (Å²) < 4.78 is 7.55. The first-order chi connectivity index (χ1) is 16.2. The van der Waals surface area contributed by atoms with Gasteiger partial charge in [0.15, 0.2) is 17.3 Å². The van der Waals surface area contributed by atoms with Gasteiger partial charge in [0.05, 0.1) is 6.21 Å². The number of hydrogen-bond acceptors (Lipinski definition) is 6. The summed E-state index contributed by atoms with van der Waals surface area (Å²) in [4.78, 5) is 0. The Kier molecular flexibility index (Phi) is 5.95. The van der Waals surface area contributed by atoms with Crippen molar-refractivity contribution in [3.05, 3.63) is 107 Å². The Labute approximate surface area is 195 Å². The molecule has 0 atom stereocenters. The zero-order valence-electron chi connectivity index (χ0n) is 17.5. The molecule has 0 saturated heterocycles. The van der Waals surface area contributed by atoms with Gasteiger partial charge in [-0.1, -0.05) is 54.1 Å². The highest BCUT2D eigenvalue weighted by atomic mass is 35.5. The first-order valence-electron chi connectivity index (χ1n) is 10.3. The summed E-state index contributed by atoms with van der Waals surface area (Å²) in [5.41, 5.74) is 6.49. The van der Waals surface area contributed by atoms with Crippen molar-refractivity contribution >= 4 is 29.3 Å². The van der Waals surface area contributed by atoms with Crippen LogP contribution >= 0.6 is 11.6 Å². The molecule has 0 aliphatic heterocycles. The molecule has 0 amide bonds. The van der Waals surface area contributed by atoms with E-state index in [1.165, 1.54) is 0 Å². The normalized spacial score (nSPS) is 11.2. The Morgan fingerprint density at radius 1 is 0.909 bits per heavy atom. The van der Waals surface area contributed by atoms with Crippen molar-refractivity contribution in [1.82, 2.24) is 19.8 Å². The van der Waals surface area contributed by atoms with Gasteiger partial charge in [-0.05, 0) is 59.7 Å². The minimum atomic E-state index is 0.512. The molecule has 3 aromatic carbocycles. The Bertz CT molecular complexity index is 1400. The summed E-state index contributed by atoms with van der Waals surface area (Å²) in [5.74, 6) is 1.96. The van der Waals surface area contributed by atoms with Crippen LogP contribution in [0.5, 0.6) is 5.75 Å². The van der Waals surface area contributed by atoms with Crippen LogP contribution in [0.4, 0.5) is 5.82 Å². The zero-order valence-corrected chi connectivity index (χ0v) is 18.2. The number of halogens is 1. The predicted molar refractivity (Wildman–Crippen MR) is 130 cm³/mol. The van der Waals surface area contributed by atoms with Gasteiger partial charge in [0.2, 0.25) is 0 Å². The molecular weight excluding hydrogens is 436 g/mol. The van der Waals surface area contributed by atoms with Crippen LogP contribution in [0.15, 0.2) is 96.1 Å². The molecule has 0 aliphatic carbocycles. The molecule has 8 heteroatoms. The Balaban J connectivity index is 1.28. The first-order valence-corrected chi connectivity index (χ1v) is 10.7. The number of ether oxygens (including phenoxy) is 1. The number of hydrazone groups is 1. The van der Waals surface area contributed by atoms with Crippen LogP contribution in [0.3, 0.4) is 0 Å². The average molecular weight is 455 g/mol. The number of benzene rings is 3. The molecule has 0 radical (unpaired) electrons. The molecule has 2 heterocycles. The zero-order chi connectivity index (χ0) is 22.5. The van der Waals surface area contributed by atoms with Gasteiger partial charge >= 0.3 is 0 Å². The first kappa shape index (κ1) is 20.7.